The average Bonchev–Trinajstić information content (AvgIpc) is 2.18. The number of phenolic OH excluding ortho intramolecular Hbond substituents is 1. The Labute approximate surface area is 82.0 Å². The minimum atomic E-state index is -0.433. The molecule has 0 unspecified atom stereocenters. The van der Waals surface area contributed by atoms with Gasteiger partial charge in [0.1, 0.15) is 11.6 Å². The number of nitrogens with two attached hydrogens (primary N) is 1. The first-order valence-electron chi connectivity index (χ1n) is 4.50. The van der Waals surface area contributed by atoms with Crippen LogP contribution in [0.5, 0.6) is 5.75 Å². The van der Waals surface area contributed by atoms with Crippen molar-refractivity contribution in [3.63, 3.8) is 0 Å². The van der Waals surface area contributed by atoms with Gasteiger partial charge in [0.15, 0.2) is 0 Å². The summed E-state index contributed by atoms with van der Waals surface area (Å²) in [6.45, 7) is 0.0454. The number of hydrogen-bond donors (Lipinski definition) is 3. The van der Waals surface area contributed by atoms with Crippen LogP contribution in [-0.4, -0.2) is 16.8 Å². The number of rotatable bonds is 4. The Morgan fingerprint density at radius 3 is 2.79 bits per heavy atom. The first-order valence-corrected chi connectivity index (χ1v) is 4.50. The molecule has 3 nitrogen and oxygen atoms in total. The second-order valence-corrected chi connectivity index (χ2v) is 3.18. The molecular formula is C10H14FNO2. The van der Waals surface area contributed by atoms with Gasteiger partial charge in [-0.05, 0) is 31.0 Å². The van der Waals surface area contributed by atoms with Crippen LogP contribution in [0.1, 0.15) is 24.4 Å². The maximum absolute atomic E-state index is 12.8. The van der Waals surface area contributed by atoms with Crippen molar-refractivity contribution in [2.75, 3.05) is 6.61 Å². The molecule has 0 radical (unpaired) electrons. The van der Waals surface area contributed by atoms with Crippen LogP contribution in [0.25, 0.3) is 0 Å². The van der Waals surface area contributed by atoms with E-state index in [1.54, 1.807) is 0 Å². The van der Waals surface area contributed by atoms with Gasteiger partial charge in [-0.2, -0.15) is 0 Å². The van der Waals surface area contributed by atoms with Crippen LogP contribution in [0.3, 0.4) is 0 Å². The summed E-state index contributed by atoms with van der Waals surface area (Å²) < 4.78 is 12.8. The van der Waals surface area contributed by atoms with Crippen molar-refractivity contribution in [3.05, 3.63) is 29.6 Å². The lowest BCUT2D eigenvalue weighted by Crippen LogP contribution is -2.11. The van der Waals surface area contributed by atoms with E-state index in [1.165, 1.54) is 18.2 Å². The van der Waals surface area contributed by atoms with Gasteiger partial charge in [-0.1, -0.05) is 0 Å². The predicted octanol–water partition coefficient (Wildman–Crippen LogP) is 1.30. The summed E-state index contributed by atoms with van der Waals surface area (Å²) >= 11 is 0. The van der Waals surface area contributed by atoms with E-state index in [0.717, 1.165) is 0 Å². The number of phenols is 1. The quantitative estimate of drug-likeness (QED) is 0.684. The van der Waals surface area contributed by atoms with Gasteiger partial charge in [-0.15, -0.1) is 0 Å². The Morgan fingerprint density at radius 1 is 1.43 bits per heavy atom. The molecule has 0 spiro atoms. The van der Waals surface area contributed by atoms with E-state index >= 15 is 0 Å². The van der Waals surface area contributed by atoms with Crippen molar-refractivity contribution < 1.29 is 14.6 Å². The summed E-state index contributed by atoms with van der Waals surface area (Å²) in [4.78, 5) is 0. The van der Waals surface area contributed by atoms with Gasteiger partial charge in [0.2, 0.25) is 0 Å². The third kappa shape index (κ3) is 2.68. The number of aliphatic hydroxyl groups is 1. The van der Waals surface area contributed by atoms with Gasteiger partial charge in [-0.3, -0.25) is 0 Å². The van der Waals surface area contributed by atoms with Gasteiger partial charge >= 0.3 is 0 Å². The second kappa shape index (κ2) is 4.93. The first kappa shape index (κ1) is 10.9. The van der Waals surface area contributed by atoms with E-state index in [2.05, 4.69) is 0 Å². The van der Waals surface area contributed by atoms with E-state index in [-0.39, 0.29) is 12.4 Å². The zero-order chi connectivity index (χ0) is 10.6. The highest BCUT2D eigenvalue weighted by Crippen LogP contribution is 2.25. The molecule has 14 heavy (non-hydrogen) atoms. The highest BCUT2D eigenvalue weighted by molar-refractivity contribution is 5.34. The summed E-state index contributed by atoms with van der Waals surface area (Å²) in [6.07, 6.45) is 1.06. The zero-order valence-electron chi connectivity index (χ0n) is 7.78. The molecule has 4 N–H and O–H groups in total. The fourth-order valence-electron chi connectivity index (χ4n) is 1.29. The second-order valence-electron chi connectivity index (χ2n) is 3.18. The van der Waals surface area contributed by atoms with Crippen LogP contribution in [0.2, 0.25) is 0 Å². The molecule has 0 bridgehead atoms. The molecule has 0 heterocycles. The zero-order valence-corrected chi connectivity index (χ0v) is 7.78. The molecule has 1 aromatic rings. The number of benzene rings is 1. The minimum absolute atomic E-state index is 0.00293. The van der Waals surface area contributed by atoms with Crippen LogP contribution in [0, 0.1) is 5.82 Å². The Bertz CT molecular complexity index is 304. The fraction of sp³-hybridized carbons (Fsp3) is 0.400. The summed E-state index contributed by atoms with van der Waals surface area (Å²) in [5.74, 6) is -0.422. The van der Waals surface area contributed by atoms with Crippen molar-refractivity contribution in [1.29, 1.82) is 0 Å². The van der Waals surface area contributed by atoms with Crippen molar-refractivity contribution in [2.24, 2.45) is 5.73 Å². The monoisotopic (exact) mass is 199 g/mol. The Balaban J connectivity index is 2.77. The molecule has 0 saturated carbocycles. The van der Waals surface area contributed by atoms with Crippen molar-refractivity contribution in [2.45, 2.75) is 18.9 Å². The molecule has 0 aliphatic heterocycles. The van der Waals surface area contributed by atoms with Gasteiger partial charge in [0.05, 0.1) is 0 Å². The van der Waals surface area contributed by atoms with E-state index < -0.39 is 11.9 Å². The highest BCUT2D eigenvalue weighted by atomic mass is 19.1. The third-order valence-corrected chi connectivity index (χ3v) is 2.06. The molecule has 0 amide bonds. The van der Waals surface area contributed by atoms with E-state index in [0.29, 0.717) is 18.4 Å². The van der Waals surface area contributed by atoms with Crippen LogP contribution in [0.15, 0.2) is 18.2 Å². The van der Waals surface area contributed by atoms with Gasteiger partial charge in [0.25, 0.3) is 0 Å². The van der Waals surface area contributed by atoms with Crippen LogP contribution < -0.4 is 5.73 Å². The SMILES string of the molecule is N[C@H](CCCO)c1cc(F)ccc1O. The summed E-state index contributed by atoms with van der Waals surface area (Å²) in [7, 11) is 0. The summed E-state index contributed by atoms with van der Waals surface area (Å²) in [5, 5.41) is 18.0. The Kier molecular flexibility index (Phi) is 3.85. The van der Waals surface area contributed by atoms with Crippen molar-refractivity contribution >= 4 is 0 Å². The summed E-state index contributed by atoms with van der Waals surface area (Å²) in [6, 6.07) is 3.25. The van der Waals surface area contributed by atoms with Gasteiger partial charge in [-0.25, -0.2) is 4.39 Å². The molecule has 1 atom stereocenters. The maximum Gasteiger partial charge on any atom is 0.123 e. The fourth-order valence-corrected chi connectivity index (χ4v) is 1.29. The normalized spacial score (nSPS) is 12.8. The topological polar surface area (TPSA) is 66.5 Å². The molecule has 0 fully saturated rings. The molecule has 78 valence electrons. The maximum atomic E-state index is 12.8. The highest BCUT2D eigenvalue weighted by Gasteiger charge is 2.11. The predicted molar refractivity (Wildman–Crippen MR) is 51.3 cm³/mol. The molecule has 0 aliphatic rings. The van der Waals surface area contributed by atoms with Gasteiger partial charge < -0.3 is 15.9 Å². The molecule has 0 saturated heterocycles. The lowest BCUT2D eigenvalue weighted by atomic mass is 10.0. The standard InChI is InChI=1S/C10H14FNO2/c11-7-3-4-10(14)8(6-7)9(12)2-1-5-13/h3-4,6,9,13-14H,1-2,5,12H2/t9-/m1/s1. The van der Waals surface area contributed by atoms with Crippen molar-refractivity contribution in [3.8, 4) is 5.75 Å². The Hall–Kier alpha value is -1.13. The summed E-state index contributed by atoms with van der Waals surface area (Å²) in [5.41, 5.74) is 6.10. The largest absolute Gasteiger partial charge is 0.508 e. The average molecular weight is 199 g/mol. The van der Waals surface area contributed by atoms with Crippen LogP contribution in [-0.2, 0) is 0 Å². The smallest absolute Gasteiger partial charge is 0.123 e. The van der Waals surface area contributed by atoms with Crippen LogP contribution in [0.4, 0.5) is 4.39 Å². The molecule has 0 aliphatic carbocycles. The van der Waals surface area contributed by atoms with Crippen molar-refractivity contribution in [1.82, 2.24) is 0 Å². The Morgan fingerprint density at radius 2 is 2.14 bits per heavy atom. The minimum Gasteiger partial charge on any atom is -0.508 e. The lowest BCUT2D eigenvalue weighted by molar-refractivity contribution is 0.279. The van der Waals surface area contributed by atoms with E-state index in [4.69, 9.17) is 10.8 Å². The molecule has 4 heteroatoms. The molecule has 0 aromatic heterocycles. The molecule has 1 aromatic carbocycles. The third-order valence-electron chi connectivity index (χ3n) is 2.06. The van der Waals surface area contributed by atoms with E-state index in [1.807, 2.05) is 0 Å². The number of halogens is 1. The molecular weight excluding hydrogens is 185 g/mol. The van der Waals surface area contributed by atoms with Crippen LogP contribution >= 0.6 is 0 Å². The van der Waals surface area contributed by atoms with Gasteiger partial charge in [0, 0.05) is 18.2 Å². The number of aliphatic hydroxyl groups excluding tert-OH is 1. The number of aromatic hydroxyl groups is 1. The van der Waals surface area contributed by atoms with E-state index in [9.17, 15) is 9.50 Å². The molecule has 1 rings (SSSR count). The lowest BCUT2D eigenvalue weighted by Gasteiger charge is -2.12. The number of hydrogen-bond acceptors (Lipinski definition) is 3. The first-order chi connectivity index (χ1) is 6.65.